The van der Waals surface area contributed by atoms with E-state index in [-0.39, 0.29) is 0 Å². The molecule has 0 bridgehead atoms. The van der Waals surface area contributed by atoms with Crippen LogP contribution in [0.25, 0.3) is 0 Å². The summed E-state index contributed by atoms with van der Waals surface area (Å²) in [5.74, 6) is 1.47. The zero-order valence-electron chi connectivity index (χ0n) is 15.2. The van der Waals surface area contributed by atoms with Gasteiger partial charge in [-0.05, 0) is 37.5 Å². The van der Waals surface area contributed by atoms with Crippen LogP contribution in [0.2, 0.25) is 0 Å². The Labute approximate surface area is 140 Å². The molecule has 0 fully saturated rings. The van der Waals surface area contributed by atoms with Crippen molar-refractivity contribution in [3.63, 3.8) is 0 Å². The van der Waals surface area contributed by atoms with Gasteiger partial charge in [0, 0.05) is 0 Å². The molecule has 128 valence electrons. The van der Waals surface area contributed by atoms with Crippen molar-refractivity contribution in [2.24, 2.45) is 11.8 Å². The highest BCUT2D eigenvalue weighted by Crippen LogP contribution is 2.29. The molecule has 0 aromatic heterocycles. The highest BCUT2D eigenvalue weighted by Gasteiger charge is 2.17. The fraction of sp³-hybridized carbons (Fsp3) is 0.727. The van der Waals surface area contributed by atoms with E-state index >= 15 is 0 Å². The lowest BCUT2D eigenvalue weighted by atomic mass is 9.81. The van der Waals surface area contributed by atoms with Crippen LogP contribution in [0.1, 0.15) is 90.4 Å². The van der Waals surface area contributed by atoms with Gasteiger partial charge in [0.2, 0.25) is 0 Å². The second kappa shape index (κ2) is 16.6. The molecule has 0 heterocycles. The highest BCUT2D eigenvalue weighted by molar-refractivity contribution is 4.86. The first-order valence-corrected chi connectivity index (χ1v) is 9.62. The number of rotatable bonds is 17. The minimum atomic E-state index is 0.710. The van der Waals surface area contributed by atoms with E-state index < -0.39 is 0 Å². The van der Waals surface area contributed by atoms with Gasteiger partial charge in [0.15, 0.2) is 0 Å². The van der Waals surface area contributed by atoms with Gasteiger partial charge in [0.05, 0.1) is 0 Å². The van der Waals surface area contributed by atoms with Crippen molar-refractivity contribution < 1.29 is 0 Å². The Hall–Kier alpha value is -0.780. The summed E-state index contributed by atoms with van der Waals surface area (Å²) in [5, 5.41) is 0. The topological polar surface area (TPSA) is 0 Å². The van der Waals surface area contributed by atoms with E-state index in [1.54, 1.807) is 0 Å². The van der Waals surface area contributed by atoms with Gasteiger partial charge in [0.25, 0.3) is 0 Å². The third-order valence-electron chi connectivity index (χ3n) is 4.75. The first kappa shape index (κ1) is 21.2. The Balaban J connectivity index is 3.82. The number of hydrogen-bond acceptors (Lipinski definition) is 0. The first-order valence-electron chi connectivity index (χ1n) is 9.62. The molecule has 0 aliphatic rings. The zero-order chi connectivity index (χ0) is 16.5. The lowest BCUT2D eigenvalue weighted by molar-refractivity contribution is 0.308. The summed E-state index contributed by atoms with van der Waals surface area (Å²) >= 11 is 0. The van der Waals surface area contributed by atoms with Gasteiger partial charge in [0.1, 0.15) is 0 Å². The number of allylic oxidation sites excluding steroid dienone is 3. The number of hydrogen-bond donors (Lipinski definition) is 0. The molecule has 0 nitrogen and oxygen atoms in total. The van der Waals surface area contributed by atoms with Crippen LogP contribution < -0.4 is 0 Å². The van der Waals surface area contributed by atoms with Crippen molar-refractivity contribution in [2.45, 2.75) is 90.4 Å². The minimum absolute atomic E-state index is 0.710. The minimum Gasteiger partial charge on any atom is -0.103 e. The molecule has 0 aromatic carbocycles. The summed E-state index contributed by atoms with van der Waals surface area (Å²) in [5.41, 5.74) is 0. The molecule has 0 saturated heterocycles. The normalized spacial score (nSPS) is 12.3. The van der Waals surface area contributed by atoms with Crippen LogP contribution in [0.5, 0.6) is 0 Å². The summed E-state index contributed by atoms with van der Waals surface area (Å²) in [7, 11) is 0. The van der Waals surface area contributed by atoms with Gasteiger partial charge >= 0.3 is 0 Å². The monoisotopic (exact) mass is 304 g/mol. The number of unbranched alkanes of at least 4 members (excludes halogenated alkanes) is 8. The average Bonchev–Trinajstić information content (AvgIpc) is 2.52. The standard InChI is InChI=1S/C22H40/c1-5-9-10-11-12-13-14-15-16-20-22(19-8-4)21(17-6-2)18-7-3/h6-8,21-22H,2-5,9-20H2,1H3. The fourth-order valence-electron chi connectivity index (χ4n) is 3.39. The predicted octanol–water partition coefficient (Wildman–Crippen LogP) is 7.87. The molecular weight excluding hydrogens is 264 g/mol. The van der Waals surface area contributed by atoms with E-state index in [2.05, 4.69) is 44.9 Å². The van der Waals surface area contributed by atoms with Crippen LogP contribution in [-0.2, 0) is 0 Å². The van der Waals surface area contributed by atoms with Crippen LogP contribution >= 0.6 is 0 Å². The van der Waals surface area contributed by atoms with Crippen molar-refractivity contribution in [3.8, 4) is 0 Å². The van der Waals surface area contributed by atoms with Crippen molar-refractivity contribution in [1.29, 1.82) is 0 Å². The van der Waals surface area contributed by atoms with Crippen molar-refractivity contribution in [3.05, 3.63) is 38.0 Å². The summed E-state index contributed by atoms with van der Waals surface area (Å²) in [4.78, 5) is 0. The molecule has 0 spiro atoms. The Kier molecular flexibility index (Phi) is 16.0. The largest absolute Gasteiger partial charge is 0.103 e. The maximum absolute atomic E-state index is 3.94. The predicted molar refractivity (Wildman–Crippen MR) is 103 cm³/mol. The molecule has 0 aliphatic heterocycles. The average molecular weight is 305 g/mol. The smallest absolute Gasteiger partial charge is 0.0314 e. The Morgan fingerprint density at radius 3 is 1.45 bits per heavy atom. The van der Waals surface area contributed by atoms with E-state index in [1.807, 2.05) is 0 Å². The second-order valence-corrected chi connectivity index (χ2v) is 6.71. The van der Waals surface area contributed by atoms with E-state index in [0.717, 1.165) is 25.2 Å². The van der Waals surface area contributed by atoms with E-state index in [0.29, 0.717) is 5.92 Å². The third-order valence-corrected chi connectivity index (χ3v) is 4.75. The van der Waals surface area contributed by atoms with Gasteiger partial charge in [-0.3, -0.25) is 0 Å². The fourth-order valence-corrected chi connectivity index (χ4v) is 3.39. The van der Waals surface area contributed by atoms with Gasteiger partial charge < -0.3 is 0 Å². The molecule has 0 saturated carbocycles. The van der Waals surface area contributed by atoms with Gasteiger partial charge in [-0.25, -0.2) is 0 Å². The summed E-state index contributed by atoms with van der Waals surface area (Å²) in [6, 6.07) is 0. The molecule has 0 radical (unpaired) electrons. The molecular formula is C22H40. The van der Waals surface area contributed by atoms with Gasteiger partial charge in [-0.1, -0.05) is 82.9 Å². The molecule has 1 atom stereocenters. The Bertz CT molecular complexity index is 253. The maximum atomic E-state index is 3.94. The van der Waals surface area contributed by atoms with Crippen LogP contribution in [0.4, 0.5) is 0 Å². The quantitative estimate of drug-likeness (QED) is 0.189. The highest BCUT2D eigenvalue weighted by atomic mass is 14.2. The van der Waals surface area contributed by atoms with Gasteiger partial charge in [-0.2, -0.15) is 0 Å². The molecule has 0 amide bonds. The van der Waals surface area contributed by atoms with Crippen LogP contribution in [0.15, 0.2) is 38.0 Å². The summed E-state index contributed by atoms with van der Waals surface area (Å²) in [6.45, 7) is 14.1. The Morgan fingerprint density at radius 2 is 1.00 bits per heavy atom. The molecule has 0 heteroatoms. The van der Waals surface area contributed by atoms with E-state index in [4.69, 9.17) is 0 Å². The van der Waals surface area contributed by atoms with Crippen molar-refractivity contribution in [1.82, 2.24) is 0 Å². The first-order chi connectivity index (χ1) is 10.8. The second-order valence-electron chi connectivity index (χ2n) is 6.71. The molecule has 22 heavy (non-hydrogen) atoms. The zero-order valence-corrected chi connectivity index (χ0v) is 15.2. The maximum Gasteiger partial charge on any atom is -0.0314 e. The molecule has 0 aromatic rings. The Morgan fingerprint density at radius 1 is 0.591 bits per heavy atom. The van der Waals surface area contributed by atoms with Crippen molar-refractivity contribution >= 4 is 0 Å². The lowest BCUT2D eigenvalue weighted by Crippen LogP contribution is -2.13. The molecule has 0 rings (SSSR count). The summed E-state index contributed by atoms with van der Waals surface area (Å²) in [6.07, 6.45) is 23.6. The third kappa shape index (κ3) is 11.8. The van der Waals surface area contributed by atoms with Crippen LogP contribution in [0.3, 0.4) is 0 Å². The lowest BCUT2D eigenvalue weighted by Gasteiger charge is -2.24. The molecule has 0 N–H and O–H groups in total. The van der Waals surface area contributed by atoms with E-state index in [1.165, 1.54) is 64.2 Å². The summed E-state index contributed by atoms with van der Waals surface area (Å²) < 4.78 is 0. The van der Waals surface area contributed by atoms with Crippen LogP contribution in [-0.4, -0.2) is 0 Å². The van der Waals surface area contributed by atoms with Gasteiger partial charge in [-0.15, -0.1) is 19.7 Å². The van der Waals surface area contributed by atoms with Crippen LogP contribution in [0, 0.1) is 11.8 Å². The van der Waals surface area contributed by atoms with E-state index in [9.17, 15) is 0 Å². The van der Waals surface area contributed by atoms with Crippen molar-refractivity contribution in [2.75, 3.05) is 0 Å². The molecule has 0 aliphatic carbocycles. The molecule has 1 unspecified atom stereocenters. The SMILES string of the molecule is C=CCC(CC=C)C(CC=C)CCCCCCCCCCC.